The van der Waals surface area contributed by atoms with Gasteiger partial charge in [-0.1, -0.05) is 48.5 Å². The predicted octanol–water partition coefficient (Wildman–Crippen LogP) is 3.62. The number of hydrogen-bond donors (Lipinski definition) is 3. The van der Waals surface area contributed by atoms with Crippen LogP contribution in [-0.2, 0) is 4.74 Å². The highest BCUT2D eigenvalue weighted by Crippen LogP contribution is 2.44. The molecule has 1 heterocycles. The number of nitrogens with one attached hydrogen (secondary N) is 1. The number of nitrogens with zero attached hydrogens (tertiary/aromatic N) is 2. The van der Waals surface area contributed by atoms with E-state index in [0.717, 1.165) is 22.3 Å². The Kier molecular flexibility index (Phi) is 6.85. The van der Waals surface area contributed by atoms with Crippen molar-refractivity contribution in [3.8, 4) is 11.1 Å². The summed E-state index contributed by atoms with van der Waals surface area (Å²) in [5.41, 5.74) is 4.59. The van der Waals surface area contributed by atoms with Gasteiger partial charge < -0.3 is 20.3 Å². The van der Waals surface area contributed by atoms with Crippen LogP contribution in [0.3, 0.4) is 0 Å². The number of carbonyl (C=O) groups excluding carboxylic acids is 1. The van der Waals surface area contributed by atoms with E-state index in [-0.39, 0.29) is 42.4 Å². The number of amides is 1. The molecule has 0 aliphatic heterocycles. The van der Waals surface area contributed by atoms with E-state index < -0.39 is 23.2 Å². The molecule has 1 aliphatic carbocycles. The number of nitro groups is 1. The second-order valence-corrected chi connectivity index (χ2v) is 8.18. The lowest BCUT2D eigenvalue weighted by atomic mass is 9.98. The lowest BCUT2D eigenvalue weighted by Crippen LogP contribution is -2.30. The van der Waals surface area contributed by atoms with Crippen LogP contribution in [0.5, 0.6) is 0 Å². The molecule has 4 rings (SSSR count). The number of carbonyl (C=O) groups is 1. The number of aromatic nitrogens is 1. The molecule has 1 aliphatic rings. The fourth-order valence-electron chi connectivity index (χ4n) is 4.24. The van der Waals surface area contributed by atoms with Crippen LogP contribution in [0, 0.1) is 17.0 Å². The zero-order valence-corrected chi connectivity index (χ0v) is 18.5. The van der Waals surface area contributed by atoms with Gasteiger partial charge in [-0.05, 0) is 35.6 Å². The summed E-state index contributed by atoms with van der Waals surface area (Å²) in [7, 11) is 0. The summed E-state index contributed by atoms with van der Waals surface area (Å²) in [6.07, 6.45) is -1.95. The topological polar surface area (TPSA) is 135 Å². The number of ether oxygens (including phenoxy) is 1. The van der Waals surface area contributed by atoms with Crippen molar-refractivity contribution >= 4 is 11.8 Å². The molecule has 0 radical (unpaired) electrons. The zero-order chi connectivity index (χ0) is 24.2. The fraction of sp³-hybridized carbons (Fsp3) is 0.280. The van der Waals surface area contributed by atoms with Gasteiger partial charge in [0.05, 0.1) is 11.0 Å². The highest BCUT2D eigenvalue weighted by molar-refractivity contribution is 5.79. The molecule has 9 heteroatoms. The van der Waals surface area contributed by atoms with E-state index in [4.69, 9.17) is 4.74 Å². The summed E-state index contributed by atoms with van der Waals surface area (Å²) in [4.78, 5) is 26.6. The molecule has 3 aromatic rings. The molecule has 1 aromatic heterocycles. The fourth-order valence-corrected chi connectivity index (χ4v) is 4.24. The maximum absolute atomic E-state index is 12.2. The van der Waals surface area contributed by atoms with Gasteiger partial charge in [0.25, 0.3) is 5.69 Å². The molecule has 2 aromatic carbocycles. The van der Waals surface area contributed by atoms with E-state index >= 15 is 0 Å². The van der Waals surface area contributed by atoms with Crippen LogP contribution < -0.4 is 5.32 Å². The summed E-state index contributed by atoms with van der Waals surface area (Å²) in [6, 6.07) is 17.2. The van der Waals surface area contributed by atoms with Crippen molar-refractivity contribution in [2.75, 3.05) is 13.2 Å². The van der Waals surface area contributed by atoms with Gasteiger partial charge in [-0.2, -0.15) is 0 Å². The lowest BCUT2D eigenvalue weighted by molar-refractivity contribution is -0.385. The van der Waals surface area contributed by atoms with Gasteiger partial charge in [-0.3, -0.25) is 15.1 Å². The van der Waals surface area contributed by atoms with Gasteiger partial charge in [-0.25, -0.2) is 4.79 Å². The number of pyridine rings is 1. The number of benzene rings is 2. The van der Waals surface area contributed by atoms with Gasteiger partial charge in [0.1, 0.15) is 18.4 Å². The predicted molar refractivity (Wildman–Crippen MR) is 124 cm³/mol. The maximum atomic E-state index is 12.2. The van der Waals surface area contributed by atoms with Crippen LogP contribution in [-0.4, -0.2) is 45.5 Å². The first-order valence-corrected chi connectivity index (χ1v) is 10.9. The molecule has 0 fully saturated rings. The molecule has 2 atom stereocenters. The van der Waals surface area contributed by atoms with Gasteiger partial charge in [-0.15, -0.1) is 0 Å². The second kappa shape index (κ2) is 9.98. The van der Waals surface area contributed by atoms with Crippen LogP contribution in [0.25, 0.3) is 11.1 Å². The molecule has 0 saturated carbocycles. The number of hydrogen-bond acceptors (Lipinski definition) is 7. The molecule has 0 saturated heterocycles. The third-order valence-electron chi connectivity index (χ3n) is 6.04. The largest absolute Gasteiger partial charge is 0.449 e. The SMILES string of the molecule is Cc1ncc(C(O)C(O)CCNC(=O)OCC2c3ccccc3-c3ccccc32)cc1[N+](=O)[O-]. The van der Waals surface area contributed by atoms with E-state index in [9.17, 15) is 25.1 Å². The third-order valence-corrected chi connectivity index (χ3v) is 6.04. The Morgan fingerprint density at radius 3 is 2.38 bits per heavy atom. The number of alkyl carbamates (subject to hydrolysis) is 1. The van der Waals surface area contributed by atoms with Crippen molar-refractivity contribution in [1.29, 1.82) is 0 Å². The van der Waals surface area contributed by atoms with Crippen molar-refractivity contribution in [2.45, 2.75) is 31.5 Å². The standard InChI is InChI=1S/C25H25N3O6/c1-15-22(28(32)33)12-16(13-27-15)24(30)23(29)10-11-26-25(31)34-14-21-19-8-4-2-6-17(19)18-7-3-5-9-20(18)21/h2-9,12-13,21,23-24,29-30H,10-11,14H2,1H3,(H,26,31). The summed E-state index contributed by atoms with van der Waals surface area (Å²) < 4.78 is 5.44. The van der Waals surface area contributed by atoms with Crippen molar-refractivity contribution in [2.24, 2.45) is 0 Å². The normalized spacial score (nSPS) is 14.1. The number of aliphatic hydroxyl groups excluding tert-OH is 2. The Labute approximate surface area is 196 Å². The molecular formula is C25H25N3O6. The van der Waals surface area contributed by atoms with E-state index in [2.05, 4.69) is 22.4 Å². The van der Waals surface area contributed by atoms with Crippen molar-refractivity contribution in [1.82, 2.24) is 10.3 Å². The summed E-state index contributed by atoms with van der Waals surface area (Å²) >= 11 is 0. The average Bonchev–Trinajstić information content (AvgIpc) is 3.16. The second-order valence-electron chi connectivity index (χ2n) is 8.18. The third kappa shape index (κ3) is 4.75. The molecule has 2 unspecified atom stereocenters. The Morgan fingerprint density at radius 1 is 1.15 bits per heavy atom. The molecule has 176 valence electrons. The first-order chi connectivity index (χ1) is 16.4. The summed E-state index contributed by atoms with van der Waals surface area (Å²) in [6.45, 7) is 1.71. The highest BCUT2D eigenvalue weighted by atomic mass is 16.6. The van der Waals surface area contributed by atoms with E-state index in [0.29, 0.717) is 0 Å². The molecule has 1 amide bonds. The number of aryl methyl sites for hydroxylation is 1. The van der Waals surface area contributed by atoms with E-state index in [1.54, 1.807) is 0 Å². The van der Waals surface area contributed by atoms with Gasteiger partial charge >= 0.3 is 6.09 Å². The van der Waals surface area contributed by atoms with Gasteiger partial charge in [0, 0.05) is 30.3 Å². The minimum Gasteiger partial charge on any atom is -0.449 e. The van der Waals surface area contributed by atoms with Crippen molar-refractivity contribution in [3.63, 3.8) is 0 Å². The van der Waals surface area contributed by atoms with Crippen LogP contribution >= 0.6 is 0 Å². The molecule has 0 bridgehead atoms. The molecular weight excluding hydrogens is 438 g/mol. The summed E-state index contributed by atoms with van der Waals surface area (Å²) in [5, 5.41) is 34.2. The molecule has 3 N–H and O–H groups in total. The molecule has 0 spiro atoms. The number of rotatable bonds is 8. The van der Waals surface area contributed by atoms with Crippen LogP contribution in [0.1, 0.15) is 40.8 Å². The monoisotopic (exact) mass is 463 g/mol. The Balaban J connectivity index is 1.29. The van der Waals surface area contributed by atoms with E-state index in [1.807, 2.05) is 36.4 Å². The molecule has 9 nitrogen and oxygen atoms in total. The van der Waals surface area contributed by atoms with Crippen LogP contribution in [0.2, 0.25) is 0 Å². The molecule has 34 heavy (non-hydrogen) atoms. The van der Waals surface area contributed by atoms with Crippen LogP contribution in [0.15, 0.2) is 60.8 Å². The minimum atomic E-state index is -1.38. The minimum absolute atomic E-state index is 0.0209. The number of fused-ring (bicyclic) bond motifs is 3. The Hall–Kier alpha value is -3.82. The van der Waals surface area contributed by atoms with Gasteiger partial charge in [0.15, 0.2) is 0 Å². The van der Waals surface area contributed by atoms with Gasteiger partial charge in [0.2, 0.25) is 0 Å². The van der Waals surface area contributed by atoms with E-state index in [1.165, 1.54) is 19.2 Å². The zero-order valence-electron chi connectivity index (χ0n) is 18.5. The van der Waals surface area contributed by atoms with Crippen LogP contribution in [0.4, 0.5) is 10.5 Å². The Bertz CT molecular complexity index is 1170. The Morgan fingerprint density at radius 2 is 1.76 bits per heavy atom. The number of aliphatic hydroxyl groups is 2. The quantitative estimate of drug-likeness (QED) is 0.343. The first-order valence-electron chi connectivity index (χ1n) is 10.9. The summed E-state index contributed by atoms with van der Waals surface area (Å²) in [5.74, 6) is -0.0598. The lowest BCUT2D eigenvalue weighted by Gasteiger charge is -2.18. The van der Waals surface area contributed by atoms with Crippen molar-refractivity contribution < 1.29 is 24.7 Å². The van der Waals surface area contributed by atoms with Crippen molar-refractivity contribution in [3.05, 3.63) is 93.3 Å². The highest BCUT2D eigenvalue weighted by Gasteiger charge is 2.29. The first kappa shape index (κ1) is 23.3. The smallest absolute Gasteiger partial charge is 0.407 e. The maximum Gasteiger partial charge on any atom is 0.407 e. The average molecular weight is 463 g/mol.